The maximum Gasteiger partial charge on any atom is 0.227 e. The third kappa shape index (κ3) is 3.63. The summed E-state index contributed by atoms with van der Waals surface area (Å²) in [6, 6.07) is 7.67. The van der Waals surface area contributed by atoms with E-state index in [0.29, 0.717) is 24.7 Å². The molecule has 1 aliphatic heterocycles. The second kappa shape index (κ2) is 6.84. The zero-order valence-electron chi connectivity index (χ0n) is 13.9. The molecule has 5 heteroatoms. The summed E-state index contributed by atoms with van der Waals surface area (Å²) >= 11 is 0. The average molecular weight is 323 g/mol. The average Bonchev–Trinajstić information content (AvgIpc) is 2.97. The van der Waals surface area contributed by atoms with Gasteiger partial charge in [-0.15, -0.1) is 0 Å². The number of nitrogens with zero attached hydrogens (tertiary/aromatic N) is 3. The minimum Gasteiger partial charge on any atom is -0.436 e. The van der Waals surface area contributed by atoms with Gasteiger partial charge in [-0.1, -0.05) is 30.9 Å². The van der Waals surface area contributed by atoms with E-state index in [1.165, 1.54) is 0 Å². The first-order valence-electron chi connectivity index (χ1n) is 7.94. The van der Waals surface area contributed by atoms with Crippen molar-refractivity contribution in [3.63, 3.8) is 0 Å². The number of allylic oxidation sites excluding steroid dienone is 3. The minimum atomic E-state index is -0.429. The van der Waals surface area contributed by atoms with Crippen LogP contribution in [0.25, 0.3) is 16.7 Å². The maximum atomic E-state index is 9.65. The molecule has 0 saturated carbocycles. The Morgan fingerprint density at radius 3 is 2.92 bits per heavy atom. The first-order chi connectivity index (χ1) is 11.5. The van der Waals surface area contributed by atoms with Crippen molar-refractivity contribution in [1.29, 1.82) is 0 Å². The molecule has 1 aromatic carbocycles. The molecule has 5 nitrogen and oxygen atoms in total. The fourth-order valence-electron chi connectivity index (χ4n) is 2.63. The van der Waals surface area contributed by atoms with Crippen LogP contribution >= 0.6 is 0 Å². The summed E-state index contributed by atoms with van der Waals surface area (Å²) in [7, 11) is 0. The van der Waals surface area contributed by atoms with Crippen molar-refractivity contribution in [3.05, 3.63) is 60.7 Å². The predicted octanol–water partition coefficient (Wildman–Crippen LogP) is 3.40. The van der Waals surface area contributed by atoms with Gasteiger partial charge in [0.2, 0.25) is 5.89 Å². The molecule has 24 heavy (non-hydrogen) atoms. The van der Waals surface area contributed by atoms with E-state index in [4.69, 9.17) is 4.42 Å². The summed E-state index contributed by atoms with van der Waals surface area (Å²) in [6.07, 6.45) is 5.40. The molecule has 2 heterocycles. The van der Waals surface area contributed by atoms with E-state index in [1.807, 2.05) is 54.3 Å². The molecular formula is C19H21N3O2. The number of β-amino-alcohol motifs (C(OH)–C–C–N with tert-alkyl or cyclic N) is 1. The van der Waals surface area contributed by atoms with Crippen LogP contribution in [0.3, 0.4) is 0 Å². The molecule has 1 atom stereocenters. The molecular weight excluding hydrogens is 302 g/mol. The van der Waals surface area contributed by atoms with Crippen molar-refractivity contribution in [2.45, 2.75) is 20.0 Å². The third-order valence-electron chi connectivity index (χ3n) is 3.73. The van der Waals surface area contributed by atoms with E-state index in [9.17, 15) is 5.11 Å². The molecule has 0 amide bonds. The Labute approximate surface area is 141 Å². The Hall–Kier alpha value is -2.66. The SMILES string of the molecule is C=C1/C=C(c2nc3ccccc3o2)\C=C/CN(CC(C)O)C(C)=N1. The summed E-state index contributed by atoms with van der Waals surface area (Å²) < 4.78 is 5.84. The van der Waals surface area contributed by atoms with Gasteiger partial charge in [-0.05, 0) is 32.1 Å². The molecule has 1 aromatic heterocycles. The molecule has 1 N–H and O–H groups in total. The number of hydrogen-bond donors (Lipinski definition) is 1. The van der Waals surface area contributed by atoms with Gasteiger partial charge in [-0.25, -0.2) is 9.98 Å². The second-order valence-corrected chi connectivity index (χ2v) is 5.89. The normalized spacial score (nSPS) is 20.6. The lowest BCUT2D eigenvalue weighted by Crippen LogP contribution is -2.35. The van der Waals surface area contributed by atoms with Gasteiger partial charge in [0.15, 0.2) is 5.58 Å². The van der Waals surface area contributed by atoms with E-state index >= 15 is 0 Å². The molecule has 0 bridgehead atoms. The highest BCUT2D eigenvalue weighted by Gasteiger charge is 2.13. The number of aliphatic imine (C=N–C) groups is 1. The monoisotopic (exact) mass is 323 g/mol. The number of amidine groups is 1. The zero-order valence-corrected chi connectivity index (χ0v) is 13.9. The molecule has 124 valence electrons. The number of rotatable bonds is 3. The number of hydrogen-bond acceptors (Lipinski definition) is 5. The van der Waals surface area contributed by atoms with Crippen molar-refractivity contribution < 1.29 is 9.52 Å². The highest BCUT2D eigenvalue weighted by atomic mass is 16.3. The fourth-order valence-corrected chi connectivity index (χ4v) is 2.63. The molecule has 0 fully saturated rings. The molecule has 0 saturated heterocycles. The number of aliphatic hydroxyl groups is 1. The second-order valence-electron chi connectivity index (χ2n) is 5.89. The Bertz CT molecular complexity index is 810. The quantitative estimate of drug-likeness (QED) is 0.940. The predicted molar refractivity (Wildman–Crippen MR) is 96.6 cm³/mol. The molecule has 0 radical (unpaired) electrons. The van der Waals surface area contributed by atoms with Gasteiger partial charge in [-0.3, -0.25) is 0 Å². The van der Waals surface area contributed by atoms with Crippen molar-refractivity contribution in [2.75, 3.05) is 13.1 Å². The van der Waals surface area contributed by atoms with E-state index in [0.717, 1.165) is 22.5 Å². The lowest BCUT2D eigenvalue weighted by atomic mass is 10.2. The smallest absolute Gasteiger partial charge is 0.227 e. The molecule has 1 aliphatic rings. The molecule has 3 rings (SSSR count). The van der Waals surface area contributed by atoms with E-state index < -0.39 is 6.10 Å². The fraction of sp³-hybridized carbons (Fsp3) is 0.263. The Kier molecular flexibility index (Phi) is 4.62. The number of fused-ring (bicyclic) bond motifs is 1. The van der Waals surface area contributed by atoms with Crippen molar-refractivity contribution in [2.24, 2.45) is 4.99 Å². The molecule has 0 spiro atoms. The van der Waals surface area contributed by atoms with Crippen molar-refractivity contribution in [3.8, 4) is 0 Å². The van der Waals surface area contributed by atoms with Gasteiger partial charge < -0.3 is 14.4 Å². The van der Waals surface area contributed by atoms with Gasteiger partial charge in [0.1, 0.15) is 11.4 Å². The number of aromatic nitrogens is 1. The summed E-state index contributed by atoms with van der Waals surface area (Å²) in [5.74, 6) is 1.37. The summed E-state index contributed by atoms with van der Waals surface area (Å²) in [4.78, 5) is 11.1. The molecule has 2 aromatic rings. The highest BCUT2D eigenvalue weighted by molar-refractivity contribution is 5.83. The standard InChI is InChI=1S/C19H21N3O2/c1-13-11-16(19-21-17-8-4-5-9-18(17)24-19)7-6-10-22(12-14(2)23)15(3)20-13/h4-9,11,14,23H,1,10,12H2,2-3H3/b7-6-,16-11+,20-15?. The van der Waals surface area contributed by atoms with Crippen LogP contribution in [-0.2, 0) is 0 Å². The Balaban J connectivity index is 1.94. The van der Waals surface area contributed by atoms with E-state index in [2.05, 4.69) is 16.6 Å². The van der Waals surface area contributed by atoms with Crippen LogP contribution in [0.15, 0.2) is 64.2 Å². The number of oxazole rings is 1. The van der Waals surface area contributed by atoms with Crippen LogP contribution in [0, 0.1) is 0 Å². The summed E-state index contributed by atoms with van der Waals surface area (Å²) in [5.41, 5.74) is 3.02. The van der Waals surface area contributed by atoms with Gasteiger partial charge in [0.25, 0.3) is 0 Å². The maximum absolute atomic E-state index is 9.65. The summed E-state index contributed by atoms with van der Waals surface area (Å²) in [5, 5.41) is 9.65. The number of benzene rings is 1. The number of aliphatic hydroxyl groups excluding tert-OH is 1. The van der Waals surface area contributed by atoms with Crippen LogP contribution in [-0.4, -0.2) is 40.0 Å². The largest absolute Gasteiger partial charge is 0.436 e. The van der Waals surface area contributed by atoms with Crippen LogP contribution in [0.1, 0.15) is 19.7 Å². The van der Waals surface area contributed by atoms with Gasteiger partial charge in [0, 0.05) is 18.7 Å². The van der Waals surface area contributed by atoms with Crippen LogP contribution in [0.2, 0.25) is 0 Å². The van der Waals surface area contributed by atoms with Crippen molar-refractivity contribution >= 4 is 22.5 Å². The minimum absolute atomic E-state index is 0.429. The van der Waals surface area contributed by atoms with Crippen LogP contribution < -0.4 is 0 Å². The van der Waals surface area contributed by atoms with Gasteiger partial charge in [-0.2, -0.15) is 0 Å². The topological polar surface area (TPSA) is 61.9 Å². The van der Waals surface area contributed by atoms with Gasteiger partial charge >= 0.3 is 0 Å². The Morgan fingerprint density at radius 1 is 1.38 bits per heavy atom. The van der Waals surface area contributed by atoms with Crippen LogP contribution in [0.5, 0.6) is 0 Å². The van der Waals surface area contributed by atoms with Crippen molar-refractivity contribution in [1.82, 2.24) is 9.88 Å². The highest BCUT2D eigenvalue weighted by Crippen LogP contribution is 2.23. The summed E-state index contributed by atoms with van der Waals surface area (Å²) in [6.45, 7) is 8.84. The first-order valence-corrected chi connectivity index (χ1v) is 7.94. The zero-order chi connectivity index (χ0) is 17.1. The first kappa shape index (κ1) is 16.2. The van der Waals surface area contributed by atoms with E-state index in [1.54, 1.807) is 6.92 Å². The van der Waals surface area contributed by atoms with Crippen LogP contribution in [0.4, 0.5) is 0 Å². The lowest BCUT2D eigenvalue weighted by Gasteiger charge is -2.24. The Morgan fingerprint density at radius 2 is 2.17 bits per heavy atom. The number of para-hydroxylation sites is 2. The van der Waals surface area contributed by atoms with Gasteiger partial charge in [0.05, 0.1) is 11.8 Å². The third-order valence-corrected chi connectivity index (χ3v) is 3.73. The lowest BCUT2D eigenvalue weighted by molar-refractivity contribution is 0.163. The molecule has 1 unspecified atom stereocenters. The van der Waals surface area contributed by atoms with E-state index in [-0.39, 0.29) is 0 Å². The molecule has 0 aliphatic carbocycles.